The minimum absolute atomic E-state index is 0.00746. The van der Waals surface area contributed by atoms with Crippen LogP contribution in [0, 0.1) is 0 Å². The van der Waals surface area contributed by atoms with Gasteiger partial charge in [0.25, 0.3) is 5.56 Å². The molecule has 0 fully saturated rings. The van der Waals surface area contributed by atoms with Crippen molar-refractivity contribution in [3.05, 3.63) is 49.8 Å². The number of hydrazone groups is 1. The Labute approximate surface area is 127 Å². The van der Waals surface area contributed by atoms with Gasteiger partial charge in [-0.15, -0.1) is 0 Å². The summed E-state index contributed by atoms with van der Waals surface area (Å²) < 4.78 is 5.95. The van der Waals surface area contributed by atoms with E-state index in [0.717, 1.165) is 15.8 Å². The fourth-order valence-corrected chi connectivity index (χ4v) is 2.09. The quantitative estimate of drug-likeness (QED) is 0.651. The number of halogens is 2. The van der Waals surface area contributed by atoms with E-state index in [1.54, 1.807) is 13.3 Å². The Hall–Kier alpha value is -1.86. The molecule has 8 heteroatoms. The van der Waals surface area contributed by atoms with Gasteiger partial charge in [-0.3, -0.25) is 10.2 Å². The number of aromatic nitrogens is 2. The van der Waals surface area contributed by atoms with E-state index in [4.69, 9.17) is 16.3 Å². The van der Waals surface area contributed by atoms with Crippen LogP contribution in [0.4, 0.5) is 5.69 Å². The maximum atomic E-state index is 11.2. The molecule has 0 amide bonds. The summed E-state index contributed by atoms with van der Waals surface area (Å²) in [6.45, 7) is 0. The van der Waals surface area contributed by atoms with E-state index in [1.165, 1.54) is 6.20 Å². The highest BCUT2D eigenvalue weighted by Gasteiger charge is 2.03. The van der Waals surface area contributed by atoms with E-state index in [1.807, 2.05) is 18.2 Å². The summed E-state index contributed by atoms with van der Waals surface area (Å²) in [6.07, 6.45) is 2.97. The Morgan fingerprint density at radius 2 is 2.35 bits per heavy atom. The largest absolute Gasteiger partial charge is 0.496 e. The van der Waals surface area contributed by atoms with Crippen molar-refractivity contribution in [3.63, 3.8) is 0 Å². The van der Waals surface area contributed by atoms with Crippen LogP contribution < -0.4 is 15.7 Å². The second kappa shape index (κ2) is 6.53. The number of nitrogens with zero attached hydrogens (tertiary/aromatic N) is 2. The van der Waals surface area contributed by atoms with Gasteiger partial charge >= 0.3 is 0 Å². The Bertz CT molecular complexity index is 702. The van der Waals surface area contributed by atoms with Crippen LogP contribution in [0.2, 0.25) is 5.02 Å². The zero-order valence-corrected chi connectivity index (χ0v) is 12.7. The van der Waals surface area contributed by atoms with Gasteiger partial charge in [-0.2, -0.15) is 10.2 Å². The maximum Gasteiger partial charge on any atom is 0.285 e. The molecule has 0 aliphatic carbocycles. The topological polar surface area (TPSA) is 79.4 Å². The third-order valence-electron chi connectivity index (χ3n) is 2.37. The summed E-state index contributed by atoms with van der Waals surface area (Å²) in [6, 6.07) is 5.50. The zero-order chi connectivity index (χ0) is 14.5. The molecule has 2 aromatic rings. The van der Waals surface area contributed by atoms with Crippen LogP contribution in [0.3, 0.4) is 0 Å². The highest BCUT2D eigenvalue weighted by atomic mass is 79.9. The molecule has 0 spiro atoms. The summed E-state index contributed by atoms with van der Waals surface area (Å²) in [5.41, 5.74) is 3.36. The van der Waals surface area contributed by atoms with Gasteiger partial charge in [0.1, 0.15) is 16.5 Å². The summed E-state index contributed by atoms with van der Waals surface area (Å²) in [7, 11) is 1.59. The van der Waals surface area contributed by atoms with Gasteiger partial charge in [0.05, 0.1) is 24.0 Å². The summed E-state index contributed by atoms with van der Waals surface area (Å²) in [4.78, 5) is 11.2. The number of methoxy groups -OCH3 is 1. The lowest BCUT2D eigenvalue weighted by Gasteiger charge is -2.03. The van der Waals surface area contributed by atoms with Crippen LogP contribution >= 0.6 is 27.5 Å². The van der Waals surface area contributed by atoms with Crippen LogP contribution in [-0.2, 0) is 0 Å². The summed E-state index contributed by atoms with van der Waals surface area (Å²) in [5, 5.41) is 9.85. The third kappa shape index (κ3) is 3.37. The normalized spacial score (nSPS) is 10.8. The Morgan fingerprint density at radius 3 is 3.05 bits per heavy atom. The van der Waals surface area contributed by atoms with Crippen molar-refractivity contribution in [2.24, 2.45) is 5.10 Å². The average molecular weight is 358 g/mol. The van der Waals surface area contributed by atoms with E-state index in [2.05, 4.69) is 36.7 Å². The third-order valence-corrected chi connectivity index (χ3v) is 3.36. The molecule has 104 valence electrons. The smallest absolute Gasteiger partial charge is 0.285 e. The highest BCUT2D eigenvalue weighted by molar-refractivity contribution is 9.10. The molecule has 1 heterocycles. The number of H-pyrrole nitrogens is 1. The minimum Gasteiger partial charge on any atom is -0.496 e. The minimum atomic E-state index is -0.473. The molecule has 0 saturated carbocycles. The Balaban J connectivity index is 2.12. The average Bonchev–Trinajstić information content (AvgIpc) is 2.44. The first-order valence-electron chi connectivity index (χ1n) is 5.47. The fraction of sp³-hybridized carbons (Fsp3) is 0.0833. The van der Waals surface area contributed by atoms with Crippen molar-refractivity contribution in [2.75, 3.05) is 12.5 Å². The molecule has 0 atom stereocenters. The molecule has 2 rings (SSSR count). The van der Waals surface area contributed by atoms with Gasteiger partial charge < -0.3 is 4.74 Å². The molecule has 0 unspecified atom stereocenters. The highest BCUT2D eigenvalue weighted by Crippen LogP contribution is 2.24. The van der Waals surface area contributed by atoms with Crippen molar-refractivity contribution in [3.8, 4) is 5.75 Å². The first kappa shape index (κ1) is 14.5. The molecule has 1 aromatic heterocycles. The Kier molecular flexibility index (Phi) is 4.75. The fourth-order valence-electron chi connectivity index (χ4n) is 1.40. The molecule has 0 aliphatic rings. The predicted molar refractivity (Wildman–Crippen MR) is 81.8 cm³/mol. The van der Waals surface area contributed by atoms with Gasteiger partial charge in [0.2, 0.25) is 0 Å². The number of nitrogens with one attached hydrogen (secondary N) is 2. The van der Waals surface area contributed by atoms with Gasteiger partial charge in [0.15, 0.2) is 0 Å². The van der Waals surface area contributed by atoms with Crippen LogP contribution in [0.1, 0.15) is 5.56 Å². The van der Waals surface area contributed by atoms with E-state index >= 15 is 0 Å². The SMILES string of the molecule is COc1ccc(/C=N/Nc2cn[nH]c(=O)c2Cl)cc1Br. The van der Waals surface area contributed by atoms with Crippen molar-refractivity contribution in [1.29, 1.82) is 0 Å². The van der Waals surface area contributed by atoms with E-state index in [0.29, 0.717) is 5.69 Å². The summed E-state index contributed by atoms with van der Waals surface area (Å²) in [5.74, 6) is 0.733. The van der Waals surface area contributed by atoms with Gasteiger partial charge in [-0.25, -0.2) is 5.10 Å². The van der Waals surface area contributed by atoms with Crippen molar-refractivity contribution < 1.29 is 4.74 Å². The molecule has 20 heavy (non-hydrogen) atoms. The lowest BCUT2D eigenvalue weighted by Crippen LogP contribution is -2.10. The number of hydrogen-bond acceptors (Lipinski definition) is 5. The van der Waals surface area contributed by atoms with Crippen LogP contribution in [0.5, 0.6) is 5.75 Å². The molecule has 0 aliphatic heterocycles. The number of rotatable bonds is 4. The second-order valence-corrected chi connectivity index (χ2v) is 4.92. The molecular formula is C12H10BrClN4O2. The zero-order valence-electron chi connectivity index (χ0n) is 10.4. The Morgan fingerprint density at radius 1 is 1.55 bits per heavy atom. The number of anilines is 1. The van der Waals surface area contributed by atoms with Gasteiger partial charge in [-0.1, -0.05) is 11.6 Å². The van der Waals surface area contributed by atoms with Crippen molar-refractivity contribution in [2.45, 2.75) is 0 Å². The second-order valence-electron chi connectivity index (χ2n) is 3.69. The van der Waals surface area contributed by atoms with E-state index in [-0.39, 0.29) is 5.02 Å². The monoisotopic (exact) mass is 356 g/mol. The molecule has 0 bridgehead atoms. The van der Waals surface area contributed by atoms with Gasteiger partial charge in [0, 0.05) is 0 Å². The van der Waals surface area contributed by atoms with Gasteiger partial charge in [-0.05, 0) is 39.7 Å². The summed E-state index contributed by atoms with van der Waals surface area (Å²) >= 11 is 9.18. The molecule has 6 nitrogen and oxygen atoms in total. The number of benzene rings is 1. The maximum absolute atomic E-state index is 11.2. The molecule has 0 saturated heterocycles. The van der Waals surface area contributed by atoms with E-state index in [9.17, 15) is 4.79 Å². The molecule has 1 aromatic carbocycles. The van der Waals surface area contributed by atoms with Crippen molar-refractivity contribution in [1.82, 2.24) is 10.2 Å². The first-order chi connectivity index (χ1) is 9.61. The number of aromatic amines is 1. The first-order valence-corrected chi connectivity index (χ1v) is 6.64. The van der Waals surface area contributed by atoms with Crippen LogP contribution in [-0.4, -0.2) is 23.5 Å². The molecular weight excluding hydrogens is 348 g/mol. The lowest BCUT2D eigenvalue weighted by molar-refractivity contribution is 0.412. The van der Waals surface area contributed by atoms with Crippen molar-refractivity contribution >= 4 is 39.4 Å². The number of hydrogen-bond donors (Lipinski definition) is 2. The number of ether oxygens (including phenoxy) is 1. The van der Waals surface area contributed by atoms with E-state index < -0.39 is 5.56 Å². The molecule has 2 N–H and O–H groups in total. The lowest BCUT2D eigenvalue weighted by atomic mass is 10.2. The van der Waals surface area contributed by atoms with Crippen LogP contribution in [0.25, 0.3) is 0 Å². The van der Waals surface area contributed by atoms with Crippen LogP contribution in [0.15, 0.2) is 38.8 Å². The molecule has 0 radical (unpaired) electrons. The standard InChI is InChI=1S/C12H10BrClN4O2/c1-20-10-3-2-7(4-8(10)13)5-15-17-9-6-16-18-12(19)11(9)14/h2-6H,1H3,(H2,17,18,19)/b15-5+. The predicted octanol–water partition coefficient (Wildman–Crippen LogP) is 2.64.